The molecule has 0 aromatic carbocycles. The lowest BCUT2D eigenvalue weighted by molar-refractivity contribution is -0.0394. The first-order chi connectivity index (χ1) is 13.4. The van der Waals surface area contributed by atoms with Crippen LogP contribution in [-0.4, -0.2) is 69.6 Å². The van der Waals surface area contributed by atoms with E-state index in [2.05, 4.69) is 4.98 Å². The Morgan fingerprint density at radius 3 is 2.82 bits per heavy atom. The van der Waals surface area contributed by atoms with Crippen LogP contribution in [-0.2, 0) is 11.3 Å². The van der Waals surface area contributed by atoms with Gasteiger partial charge in [-0.1, -0.05) is 0 Å². The third-order valence-corrected chi connectivity index (χ3v) is 4.84. The zero-order valence-corrected chi connectivity index (χ0v) is 16.2. The highest BCUT2D eigenvalue weighted by molar-refractivity contribution is 5.64. The van der Waals surface area contributed by atoms with E-state index >= 15 is 0 Å². The molecule has 0 spiro atoms. The fourth-order valence-corrected chi connectivity index (χ4v) is 3.17. The van der Waals surface area contributed by atoms with E-state index in [0.29, 0.717) is 26.2 Å². The molecule has 0 bridgehead atoms. The number of amides is 1. The van der Waals surface area contributed by atoms with E-state index in [1.165, 1.54) is 17.2 Å². The molecule has 152 valence electrons. The third-order valence-electron chi connectivity index (χ3n) is 4.84. The van der Waals surface area contributed by atoms with Gasteiger partial charge >= 0.3 is 6.09 Å². The lowest BCUT2D eigenvalue weighted by atomic mass is 10.1. The van der Waals surface area contributed by atoms with Gasteiger partial charge in [0.05, 0.1) is 5.69 Å². The lowest BCUT2D eigenvalue weighted by Crippen LogP contribution is -2.33. The number of aromatic nitrogens is 3. The minimum Gasteiger partial charge on any atom is -0.465 e. The molecule has 8 nitrogen and oxygen atoms in total. The molecule has 28 heavy (non-hydrogen) atoms. The van der Waals surface area contributed by atoms with Crippen molar-refractivity contribution in [3.63, 3.8) is 0 Å². The predicted octanol–water partition coefficient (Wildman–Crippen LogP) is 2.82. The molecular formula is C19H26FN5O3. The van der Waals surface area contributed by atoms with Gasteiger partial charge in [0.2, 0.25) is 5.95 Å². The summed E-state index contributed by atoms with van der Waals surface area (Å²) in [6.07, 6.45) is 5.44. The first kappa shape index (κ1) is 20.2. The minimum atomic E-state index is -0.950. The molecule has 1 fully saturated rings. The summed E-state index contributed by atoms with van der Waals surface area (Å²) in [7, 11) is 3.47. The van der Waals surface area contributed by atoms with Crippen molar-refractivity contribution < 1.29 is 19.0 Å². The standard InChI is InChI=1S/C19H26FN5O3/c1-23(8-9-24(2)19(26)27)12-15-13-25(17-5-3-4-10-28-17)22-18(15)14-6-7-16(20)21-11-14/h6-7,11,13,17H,3-5,8-10,12H2,1-2H3,(H,26,27). The molecule has 0 radical (unpaired) electrons. The van der Waals surface area contributed by atoms with Crippen LogP contribution >= 0.6 is 0 Å². The zero-order valence-electron chi connectivity index (χ0n) is 16.2. The highest BCUT2D eigenvalue weighted by Crippen LogP contribution is 2.28. The zero-order chi connectivity index (χ0) is 20.1. The van der Waals surface area contributed by atoms with Crippen molar-refractivity contribution in [2.24, 2.45) is 0 Å². The maximum Gasteiger partial charge on any atom is 0.407 e. The van der Waals surface area contributed by atoms with Gasteiger partial charge in [0.1, 0.15) is 6.23 Å². The van der Waals surface area contributed by atoms with Crippen LogP contribution in [0.3, 0.4) is 0 Å². The Morgan fingerprint density at radius 2 is 2.18 bits per heavy atom. The van der Waals surface area contributed by atoms with E-state index in [4.69, 9.17) is 14.9 Å². The Labute approximate surface area is 163 Å². The van der Waals surface area contributed by atoms with Crippen LogP contribution in [0.25, 0.3) is 11.3 Å². The summed E-state index contributed by atoms with van der Waals surface area (Å²) >= 11 is 0. The Balaban J connectivity index is 1.79. The number of rotatable bonds is 7. The topological polar surface area (TPSA) is 83.7 Å². The number of carbonyl (C=O) groups is 1. The number of halogens is 1. The number of hydrogen-bond acceptors (Lipinski definition) is 5. The molecule has 1 N–H and O–H groups in total. The highest BCUT2D eigenvalue weighted by Gasteiger charge is 2.21. The van der Waals surface area contributed by atoms with E-state index in [1.54, 1.807) is 13.1 Å². The smallest absolute Gasteiger partial charge is 0.407 e. The summed E-state index contributed by atoms with van der Waals surface area (Å²) < 4.78 is 20.9. The summed E-state index contributed by atoms with van der Waals surface area (Å²) in [6.45, 7) is 2.27. The van der Waals surface area contributed by atoms with Gasteiger partial charge in [0.25, 0.3) is 0 Å². The van der Waals surface area contributed by atoms with Gasteiger partial charge in [-0.15, -0.1) is 0 Å². The normalized spacial score (nSPS) is 17.1. The molecule has 1 saturated heterocycles. The number of likely N-dealkylation sites (N-methyl/N-ethyl adjacent to an activating group) is 2. The largest absolute Gasteiger partial charge is 0.465 e. The number of hydrogen-bond donors (Lipinski definition) is 1. The number of pyridine rings is 1. The molecule has 3 rings (SSSR count). The van der Waals surface area contributed by atoms with Crippen molar-refractivity contribution in [1.29, 1.82) is 0 Å². The second kappa shape index (κ2) is 9.11. The summed E-state index contributed by atoms with van der Waals surface area (Å²) in [4.78, 5) is 18.0. The second-order valence-corrected chi connectivity index (χ2v) is 7.12. The SMILES string of the molecule is CN(CCN(C)C(=O)O)Cc1cn(C2CCCCO2)nc1-c1ccc(F)nc1. The van der Waals surface area contributed by atoms with Crippen molar-refractivity contribution in [2.75, 3.05) is 33.8 Å². The highest BCUT2D eigenvalue weighted by atomic mass is 19.1. The number of carboxylic acid groups (broad SMARTS) is 1. The minimum absolute atomic E-state index is 0.0990. The molecule has 1 unspecified atom stereocenters. The molecular weight excluding hydrogens is 365 g/mol. The Morgan fingerprint density at radius 1 is 1.36 bits per heavy atom. The summed E-state index contributed by atoms with van der Waals surface area (Å²) in [5, 5.41) is 13.7. The van der Waals surface area contributed by atoms with Gasteiger partial charge in [-0.2, -0.15) is 9.49 Å². The lowest BCUT2D eigenvalue weighted by Gasteiger charge is -2.22. The van der Waals surface area contributed by atoms with E-state index < -0.39 is 12.0 Å². The molecule has 1 aliphatic rings. The van der Waals surface area contributed by atoms with Crippen LogP contribution in [0.2, 0.25) is 0 Å². The fraction of sp³-hybridized carbons (Fsp3) is 0.526. The molecule has 9 heteroatoms. The second-order valence-electron chi connectivity index (χ2n) is 7.12. The van der Waals surface area contributed by atoms with E-state index in [9.17, 15) is 9.18 Å². The molecule has 1 aliphatic heterocycles. The molecule has 1 amide bonds. The van der Waals surface area contributed by atoms with Crippen LogP contribution in [0, 0.1) is 5.95 Å². The number of ether oxygens (including phenoxy) is 1. The summed E-state index contributed by atoms with van der Waals surface area (Å²) in [6, 6.07) is 2.99. The fourth-order valence-electron chi connectivity index (χ4n) is 3.17. The van der Waals surface area contributed by atoms with Gasteiger partial charge in [-0.3, -0.25) is 0 Å². The van der Waals surface area contributed by atoms with Gasteiger partial charge in [-0.25, -0.2) is 14.5 Å². The molecule has 3 heterocycles. The quantitative estimate of drug-likeness (QED) is 0.731. The van der Waals surface area contributed by atoms with Crippen LogP contribution in [0.15, 0.2) is 24.5 Å². The van der Waals surface area contributed by atoms with Crippen molar-refractivity contribution >= 4 is 6.09 Å². The van der Waals surface area contributed by atoms with E-state index in [1.807, 2.05) is 22.8 Å². The van der Waals surface area contributed by atoms with Gasteiger partial charge < -0.3 is 19.6 Å². The molecule has 2 aromatic rings. The van der Waals surface area contributed by atoms with Crippen molar-refractivity contribution in [1.82, 2.24) is 24.6 Å². The Hall–Kier alpha value is -2.52. The van der Waals surface area contributed by atoms with Crippen molar-refractivity contribution in [3.8, 4) is 11.3 Å². The number of nitrogens with zero attached hydrogens (tertiary/aromatic N) is 5. The summed E-state index contributed by atoms with van der Waals surface area (Å²) in [5.41, 5.74) is 2.44. The Bertz CT molecular complexity index is 789. The average Bonchev–Trinajstić information content (AvgIpc) is 3.11. The molecule has 2 aromatic heterocycles. The first-order valence-electron chi connectivity index (χ1n) is 9.38. The molecule has 0 saturated carbocycles. The Kier molecular flexibility index (Phi) is 6.58. The van der Waals surface area contributed by atoms with Crippen molar-refractivity contribution in [3.05, 3.63) is 36.0 Å². The first-order valence-corrected chi connectivity index (χ1v) is 9.38. The van der Waals surface area contributed by atoms with Gasteiger partial charge in [-0.05, 0) is 38.4 Å². The summed E-state index contributed by atoms with van der Waals surface area (Å²) in [5.74, 6) is -0.533. The average molecular weight is 391 g/mol. The van der Waals surface area contributed by atoms with Crippen LogP contribution in [0.1, 0.15) is 31.1 Å². The van der Waals surface area contributed by atoms with Crippen LogP contribution in [0.5, 0.6) is 0 Å². The maximum atomic E-state index is 13.2. The van der Waals surface area contributed by atoms with Crippen LogP contribution in [0.4, 0.5) is 9.18 Å². The monoisotopic (exact) mass is 391 g/mol. The predicted molar refractivity (Wildman–Crippen MR) is 101 cm³/mol. The third kappa shape index (κ3) is 5.05. The van der Waals surface area contributed by atoms with E-state index in [0.717, 1.165) is 36.1 Å². The van der Waals surface area contributed by atoms with Crippen LogP contribution < -0.4 is 0 Å². The molecule has 1 atom stereocenters. The maximum absolute atomic E-state index is 13.2. The molecule has 0 aliphatic carbocycles. The van der Waals surface area contributed by atoms with Gasteiger partial charge in [0, 0.05) is 56.8 Å². The van der Waals surface area contributed by atoms with E-state index in [-0.39, 0.29) is 6.23 Å². The van der Waals surface area contributed by atoms with Gasteiger partial charge in [0.15, 0.2) is 0 Å². The van der Waals surface area contributed by atoms with Crippen molar-refractivity contribution in [2.45, 2.75) is 32.0 Å².